The first-order valence-corrected chi connectivity index (χ1v) is 8.00. The van der Waals surface area contributed by atoms with Crippen LogP contribution in [0.25, 0.3) is 11.0 Å². The minimum atomic E-state index is -1.65. The van der Waals surface area contributed by atoms with E-state index in [9.17, 15) is 19.4 Å². The van der Waals surface area contributed by atoms with Crippen molar-refractivity contribution in [3.8, 4) is 11.8 Å². The fourth-order valence-electron chi connectivity index (χ4n) is 3.08. The van der Waals surface area contributed by atoms with E-state index in [0.29, 0.717) is 0 Å². The van der Waals surface area contributed by atoms with Gasteiger partial charge in [0.15, 0.2) is 22.6 Å². The molecule has 3 N–H and O–H groups in total. The minimum absolute atomic E-state index is 0.0186. The molecule has 0 bridgehead atoms. The Morgan fingerprint density at radius 2 is 2.28 bits per heavy atom. The van der Waals surface area contributed by atoms with E-state index in [-0.39, 0.29) is 16.9 Å². The molecule has 25 heavy (non-hydrogen) atoms. The molecular weight excluding hydrogens is 353 g/mol. The second kappa shape index (κ2) is 6.11. The Labute approximate surface area is 147 Å². The highest BCUT2D eigenvalue weighted by molar-refractivity contribution is 6.27. The van der Waals surface area contributed by atoms with E-state index < -0.39 is 40.8 Å². The minimum Gasteiger partial charge on any atom is -0.391 e. The Bertz CT molecular complexity index is 944. The highest BCUT2D eigenvalue weighted by Crippen LogP contribution is 2.45. The van der Waals surface area contributed by atoms with Crippen LogP contribution in [0.4, 0.5) is 4.39 Å². The zero-order valence-corrected chi connectivity index (χ0v) is 14.5. The number of aromatic nitrogens is 3. The van der Waals surface area contributed by atoms with E-state index in [0.717, 1.165) is 6.20 Å². The Morgan fingerprint density at radius 1 is 1.60 bits per heavy atom. The Hall–Kier alpha value is -1.92. The number of alkyl halides is 1. The predicted octanol–water partition coefficient (Wildman–Crippen LogP) is 0.812. The molecule has 7 nitrogen and oxygen atoms in total. The third kappa shape index (κ3) is 2.64. The van der Waals surface area contributed by atoms with E-state index in [1.54, 1.807) is 6.92 Å². The number of aromatic amines is 1. The van der Waals surface area contributed by atoms with E-state index in [1.165, 1.54) is 18.4 Å². The number of fused-ring (bicyclic) bond motifs is 1. The molecule has 1 saturated heterocycles. The smallest absolute Gasteiger partial charge is 0.263 e. The van der Waals surface area contributed by atoms with Gasteiger partial charge in [0.25, 0.3) is 5.56 Å². The summed E-state index contributed by atoms with van der Waals surface area (Å²) in [5.74, 6) is 4.78. The van der Waals surface area contributed by atoms with Crippen LogP contribution >= 0.6 is 11.6 Å². The first-order chi connectivity index (χ1) is 11.7. The maximum Gasteiger partial charge on any atom is 0.263 e. The molecule has 0 aromatic carbocycles. The summed E-state index contributed by atoms with van der Waals surface area (Å²) in [6.07, 6.45) is -3.54. The quantitative estimate of drug-likeness (QED) is 0.537. The summed E-state index contributed by atoms with van der Waals surface area (Å²) < 4.78 is 21.2. The first kappa shape index (κ1) is 17.9. The molecule has 1 unspecified atom stereocenters. The largest absolute Gasteiger partial charge is 0.391 e. The maximum atomic E-state index is 14.3. The van der Waals surface area contributed by atoms with Crippen molar-refractivity contribution in [3.63, 3.8) is 0 Å². The van der Waals surface area contributed by atoms with Gasteiger partial charge in [-0.05, 0) is 20.8 Å². The van der Waals surface area contributed by atoms with Crippen LogP contribution in [0.3, 0.4) is 0 Å². The summed E-state index contributed by atoms with van der Waals surface area (Å²) >= 11 is 6.53. The van der Waals surface area contributed by atoms with Gasteiger partial charge in [0.05, 0.1) is 6.10 Å². The molecule has 0 aliphatic carbocycles. The summed E-state index contributed by atoms with van der Waals surface area (Å²) in [6.45, 7) is 4.53. The normalized spacial score (nSPS) is 30.3. The summed E-state index contributed by atoms with van der Waals surface area (Å²) in [5, 5.41) is 20.1. The van der Waals surface area contributed by atoms with Gasteiger partial charge < -0.3 is 19.9 Å². The van der Waals surface area contributed by atoms with E-state index in [4.69, 9.17) is 16.3 Å². The molecule has 9 heteroatoms. The molecule has 134 valence electrons. The van der Waals surface area contributed by atoms with Gasteiger partial charge >= 0.3 is 0 Å². The van der Waals surface area contributed by atoms with Crippen LogP contribution in [0.5, 0.6) is 0 Å². The summed E-state index contributed by atoms with van der Waals surface area (Å²) in [6, 6.07) is 0. The number of hydrogen-bond acceptors (Lipinski definition) is 5. The maximum absolute atomic E-state index is 14.3. The highest BCUT2D eigenvalue weighted by atomic mass is 35.5. The first-order valence-electron chi connectivity index (χ1n) is 7.62. The van der Waals surface area contributed by atoms with E-state index in [2.05, 4.69) is 21.8 Å². The molecule has 2 aromatic rings. The molecular formula is C16H17ClFN3O4. The van der Waals surface area contributed by atoms with Crippen molar-refractivity contribution in [2.75, 3.05) is 0 Å². The van der Waals surface area contributed by atoms with Gasteiger partial charge in [-0.2, -0.15) is 0 Å². The monoisotopic (exact) mass is 369 g/mol. The lowest BCUT2D eigenvalue weighted by Crippen LogP contribution is -2.43. The van der Waals surface area contributed by atoms with Crippen LogP contribution < -0.4 is 5.56 Å². The molecule has 0 amide bonds. The third-order valence-electron chi connectivity index (χ3n) is 4.19. The van der Waals surface area contributed by atoms with Gasteiger partial charge in [0, 0.05) is 6.20 Å². The number of aryl methyl sites for hydroxylation is 1. The Balaban J connectivity index is 2.25. The van der Waals surface area contributed by atoms with Crippen molar-refractivity contribution in [2.45, 2.75) is 50.2 Å². The van der Waals surface area contributed by atoms with Gasteiger partial charge in [-0.15, -0.1) is 5.92 Å². The number of ether oxygens (including phenoxy) is 1. The lowest BCUT2D eigenvalue weighted by Gasteiger charge is -2.26. The molecule has 0 saturated carbocycles. The van der Waals surface area contributed by atoms with Gasteiger partial charge in [-0.25, -0.2) is 9.37 Å². The Kier molecular flexibility index (Phi) is 4.37. The van der Waals surface area contributed by atoms with Crippen molar-refractivity contribution in [1.29, 1.82) is 0 Å². The van der Waals surface area contributed by atoms with Gasteiger partial charge in [-0.1, -0.05) is 17.5 Å². The second-order valence-electron chi connectivity index (χ2n) is 6.02. The number of hydrogen-bond donors (Lipinski definition) is 3. The lowest BCUT2D eigenvalue weighted by molar-refractivity contribution is -0.0752. The number of nitrogens with zero attached hydrogens (tertiary/aromatic N) is 2. The number of rotatable bonds is 2. The number of H-pyrrole nitrogens is 1. The number of nitrogens with one attached hydrogen (secondary N) is 1. The average molecular weight is 370 g/mol. The molecule has 2 aromatic heterocycles. The summed E-state index contributed by atoms with van der Waals surface area (Å²) in [5.41, 5.74) is -0.615. The predicted molar refractivity (Wildman–Crippen MR) is 88.7 cm³/mol. The molecule has 0 spiro atoms. The van der Waals surface area contributed by atoms with Crippen LogP contribution in [0.15, 0.2) is 11.0 Å². The second-order valence-corrected chi connectivity index (χ2v) is 6.64. The average Bonchev–Trinajstić information content (AvgIpc) is 2.96. The van der Waals surface area contributed by atoms with Crippen molar-refractivity contribution >= 4 is 22.6 Å². The van der Waals surface area contributed by atoms with Crippen LogP contribution in [-0.2, 0) is 4.74 Å². The van der Waals surface area contributed by atoms with E-state index >= 15 is 0 Å². The van der Waals surface area contributed by atoms with E-state index in [1.807, 2.05) is 0 Å². The Morgan fingerprint density at radius 3 is 2.88 bits per heavy atom. The van der Waals surface area contributed by atoms with Crippen LogP contribution in [0.2, 0.25) is 0 Å². The standard InChI is InChI=1S/C16H17ClFN3O4/c1-4-5-16(17)12(23)11(7(2)22)25-15(16)21-6-9(18)10-13(21)19-8(3)20-14(10)24/h6-7,11-12,15,22-23H,1-3H3,(H,19,20,24)/t7-,11-,12+,15-,16?/m1/s1. The van der Waals surface area contributed by atoms with Crippen LogP contribution in [0.1, 0.15) is 25.9 Å². The SMILES string of the molecule is CC#CC1(Cl)[C@@H](O)[C@@H]([C@@H](C)O)O[C@H]1n1cc(F)c2c(=O)[nH]c(C)nc21. The molecule has 1 fully saturated rings. The molecule has 3 rings (SSSR count). The third-order valence-corrected chi connectivity index (χ3v) is 4.69. The van der Waals surface area contributed by atoms with Crippen molar-refractivity contribution in [2.24, 2.45) is 0 Å². The van der Waals surface area contributed by atoms with Gasteiger partial charge in [0.1, 0.15) is 23.4 Å². The highest BCUT2D eigenvalue weighted by Gasteiger charge is 2.57. The van der Waals surface area contributed by atoms with Crippen LogP contribution in [0, 0.1) is 24.6 Å². The molecule has 3 heterocycles. The molecule has 1 aliphatic rings. The fraction of sp³-hybridized carbons (Fsp3) is 0.500. The molecule has 0 radical (unpaired) electrons. The van der Waals surface area contributed by atoms with Gasteiger partial charge in [-0.3, -0.25) is 9.36 Å². The zero-order chi connectivity index (χ0) is 18.5. The molecule has 1 aliphatic heterocycles. The van der Waals surface area contributed by atoms with Crippen molar-refractivity contribution < 1.29 is 19.3 Å². The number of aliphatic hydroxyl groups excluding tert-OH is 2. The molecule has 5 atom stereocenters. The number of halogens is 2. The van der Waals surface area contributed by atoms with Gasteiger partial charge in [0.2, 0.25) is 0 Å². The summed E-state index contributed by atoms with van der Waals surface area (Å²) in [7, 11) is 0. The van der Waals surface area contributed by atoms with Crippen LogP contribution in [-0.4, -0.2) is 47.9 Å². The number of aliphatic hydroxyl groups is 2. The summed E-state index contributed by atoms with van der Waals surface area (Å²) in [4.78, 5) is 17.0. The van der Waals surface area contributed by atoms with Crippen molar-refractivity contribution in [1.82, 2.24) is 14.5 Å². The fourth-order valence-corrected chi connectivity index (χ4v) is 3.46. The lowest BCUT2D eigenvalue weighted by atomic mass is 9.96. The van der Waals surface area contributed by atoms with Crippen molar-refractivity contribution in [3.05, 3.63) is 28.2 Å². The zero-order valence-electron chi connectivity index (χ0n) is 13.7. The topological polar surface area (TPSA) is 100 Å².